The number of hydrogen-bond donors (Lipinski definition) is 1. The number of benzene rings is 1. The highest BCUT2D eigenvalue weighted by Gasteiger charge is 2.36. The van der Waals surface area contributed by atoms with Crippen LogP contribution in [0.5, 0.6) is 0 Å². The number of hydrogen-bond acceptors (Lipinski definition) is 2. The van der Waals surface area contributed by atoms with Crippen molar-refractivity contribution in [1.82, 2.24) is 10.2 Å². The molecular weight excluding hydrogens is 265 g/mol. The molecule has 2 nitrogen and oxygen atoms in total. The van der Waals surface area contributed by atoms with E-state index in [4.69, 9.17) is 0 Å². The van der Waals surface area contributed by atoms with Gasteiger partial charge in [0.15, 0.2) is 11.6 Å². The lowest BCUT2D eigenvalue weighted by molar-refractivity contribution is 0.221. The maximum atomic E-state index is 14.1. The highest BCUT2D eigenvalue weighted by atomic mass is 19.2. The van der Waals surface area contributed by atoms with E-state index in [1.807, 2.05) is 7.05 Å². The molecule has 1 aliphatic rings. The van der Waals surface area contributed by atoms with Crippen LogP contribution in [0, 0.1) is 23.4 Å². The van der Waals surface area contributed by atoms with E-state index in [1.165, 1.54) is 0 Å². The third-order valence-corrected chi connectivity index (χ3v) is 3.96. The van der Waals surface area contributed by atoms with Gasteiger partial charge in [-0.25, -0.2) is 13.2 Å². The maximum absolute atomic E-state index is 14.1. The summed E-state index contributed by atoms with van der Waals surface area (Å²) >= 11 is 0. The lowest BCUT2D eigenvalue weighted by Gasteiger charge is -2.28. The molecule has 1 aliphatic heterocycles. The molecule has 2 atom stereocenters. The second-order valence-corrected chi connectivity index (χ2v) is 5.38. The van der Waals surface area contributed by atoms with Gasteiger partial charge in [-0.3, -0.25) is 4.90 Å². The zero-order valence-corrected chi connectivity index (χ0v) is 11.9. The molecule has 1 fully saturated rings. The quantitative estimate of drug-likeness (QED) is 0.837. The van der Waals surface area contributed by atoms with Crippen molar-refractivity contribution in [3.05, 3.63) is 35.1 Å². The third-order valence-electron chi connectivity index (χ3n) is 3.96. The van der Waals surface area contributed by atoms with E-state index in [9.17, 15) is 13.2 Å². The largest absolute Gasteiger partial charge is 0.319 e. The molecule has 2 unspecified atom stereocenters. The second-order valence-electron chi connectivity index (χ2n) is 5.38. The van der Waals surface area contributed by atoms with Gasteiger partial charge >= 0.3 is 0 Å². The van der Waals surface area contributed by atoms with Crippen molar-refractivity contribution in [3.63, 3.8) is 0 Å². The van der Waals surface area contributed by atoms with Crippen molar-refractivity contribution in [1.29, 1.82) is 0 Å². The Kier molecular flexibility index (Phi) is 5.05. The van der Waals surface area contributed by atoms with Crippen LogP contribution in [0.3, 0.4) is 0 Å². The standard InChI is InChI=1S/C15H21F3N2/c1-3-5-20-6-4-10(9-19-2)15(20)11-7-13(17)14(18)8-12(11)16/h7-8,10,15,19H,3-6,9H2,1-2H3. The predicted molar refractivity (Wildman–Crippen MR) is 73.0 cm³/mol. The Balaban J connectivity index is 2.36. The summed E-state index contributed by atoms with van der Waals surface area (Å²) in [7, 11) is 1.85. The Bertz CT molecular complexity index is 451. The minimum absolute atomic E-state index is 0.183. The summed E-state index contributed by atoms with van der Waals surface area (Å²) < 4.78 is 40.6. The normalized spacial score (nSPS) is 23.4. The smallest absolute Gasteiger partial charge is 0.161 e. The lowest BCUT2D eigenvalue weighted by atomic mass is 9.93. The van der Waals surface area contributed by atoms with Crippen LogP contribution in [0.25, 0.3) is 0 Å². The Morgan fingerprint density at radius 2 is 1.90 bits per heavy atom. The monoisotopic (exact) mass is 286 g/mol. The van der Waals surface area contributed by atoms with Gasteiger partial charge in [-0.1, -0.05) is 6.92 Å². The van der Waals surface area contributed by atoms with Crippen LogP contribution < -0.4 is 5.32 Å². The topological polar surface area (TPSA) is 15.3 Å². The van der Waals surface area contributed by atoms with Crippen LogP contribution in [0.2, 0.25) is 0 Å². The third kappa shape index (κ3) is 2.99. The number of nitrogens with one attached hydrogen (secondary N) is 1. The van der Waals surface area contributed by atoms with Crippen molar-refractivity contribution < 1.29 is 13.2 Å². The first kappa shape index (κ1) is 15.3. The Labute approximate surface area is 118 Å². The Morgan fingerprint density at radius 3 is 2.55 bits per heavy atom. The molecule has 0 spiro atoms. The van der Waals surface area contributed by atoms with Crippen molar-refractivity contribution in [2.24, 2.45) is 5.92 Å². The fraction of sp³-hybridized carbons (Fsp3) is 0.600. The van der Waals surface area contributed by atoms with Crippen LogP contribution in [-0.4, -0.2) is 31.6 Å². The first-order valence-corrected chi connectivity index (χ1v) is 7.11. The van der Waals surface area contributed by atoms with Gasteiger partial charge in [0, 0.05) is 17.7 Å². The minimum atomic E-state index is -1.13. The van der Waals surface area contributed by atoms with E-state index in [0.717, 1.165) is 38.5 Å². The van der Waals surface area contributed by atoms with Gasteiger partial charge in [-0.05, 0) is 51.5 Å². The van der Waals surface area contributed by atoms with Crippen molar-refractivity contribution in [3.8, 4) is 0 Å². The highest BCUT2D eigenvalue weighted by Crippen LogP contribution is 2.38. The van der Waals surface area contributed by atoms with Gasteiger partial charge in [0.05, 0.1) is 0 Å². The molecule has 1 aromatic carbocycles. The summed E-state index contributed by atoms with van der Waals surface area (Å²) in [6, 6.07) is 1.49. The Morgan fingerprint density at radius 1 is 1.20 bits per heavy atom. The summed E-state index contributed by atoms with van der Waals surface area (Å²) in [5.74, 6) is -2.55. The molecule has 1 heterocycles. The van der Waals surface area contributed by atoms with Crippen LogP contribution in [-0.2, 0) is 0 Å². The van der Waals surface area contributed by atoms with E-state index < -0.39 is 17.5 Å². The molecule has 20 heavy (non-hydrogen) atoms. The second kappa shape index (κ2) is 6.59. The molecule has 1 N–H and O–H groups in total. The van der Waals surface area contributed by atoms with Crippen LogP contribution in [0.15, 0.2) is 12.1 Å². The van der Waals surface area contributed by atoms with Crippen LogP contribution >= 0.6 is 0 Å². The summed E-state index contributed by atoms with van der Waals surface area (Å²) in [6.07, 6.45) is 1.89. The zero-order valence-electron chi connectivity index (χ0n) is 11.9. The lowest BCUT2D eigenvalue weighted by Crippen LogP contribution is -2.30. The van der Waals surface area contributed by atoms with Crippen LogP contribution in [0.4, 0.5) is 13.2 Å². The molecule has 0 radical (unpaired) electrons. The summed E-state index contributed by atoms with van der Waals surface area (Å²) in [5.41, 5.74) is 0.273. The van der Waals surface area contributed by atoms with Crippen molar-refractivity contribution in [2.75, 3.05) is 26.7 Å². The average Bonchev–Trinajstić information content (AvgIpc) is 2.78. The molecule has 5 heteroatoms. The first-order valence-electron chi connectivity index (χ1n) is 7.11. The average molecular weight is 286 g/mol. The number of halogens is 3. The molecule has 0 bridgehead atoms. The van der Waals surface area contributed by atoms with Crippen molar-refractivity contribution in [2.45, 2.75) is 25.8 Å². The van der Waals surface area contributed by atoms with Gasteiger partial charge in [-0.15, -0.1) is 0 Å². The number of likely N-dealkylation sites (tertiary alicyclic amines) is 1. The van der Waals surface area contributed by atoms with E-state index in [-0.39, 0.29) is 17.5 Å². The predicted octanol–water partition coefficient (Wildman–Crippen LogP) is 3.10. The SMILES string of the molecule is CCCN1CCC(CNC)C1c1cc(F)c(F)cc1F. The molecule has 112 valence electrons. The number of rotatable bonds is 5. The molecule has 0 amide bonds. The molecule has 2 rings (SSSR count). The van der Waals surface area contributed by atoms with E-state index in [1.54, 1.807) is 0 Å². The zero-order chi connectivity index (χ0) is 14.7. The Hall–Kier alpha value is -1.07. The van der Waals surface area contributed by atoms with Gasteiger partial charge in [0.25, 0.3) is 0 Å². The highest BCUT2D eigenvalue weighted by molar-refractivity contribution is 5.25. The van der Waals surface area contributed by atoms with E-state index in [0.29, 0.717) is 6.07 Å². The molecule has 1 saturated heterocycles. The molecule has 0 aromatic heterocycles. The fourth-order valence-electron chi connectivity index (χ4n) is 3.16. The van der Waals surface area contributed by atoms with Gasteiger partial charge in [0.1, 0.15) is 5.82 Å². The van der Waals surface area contributed by atoms with E-state index >= 15 is 0 Å². The van der Waals surface area contributed by atoms with Crippen molar-refractivity contribution >= 4 is 0 Å². The van der Waals surface area contributed by atoms with Gasteiger partial charge in [-0.2, -0.15) is 0 Å². The van der Waals surface area contributed by atoms with Crippen LogP contribution in [0.1, 0.15) is 31.4 Å². The first-order chi connectivity index (χ1) is 9.58. The van der Waals surface area contributed by atoms with Gasteiger partial charge in [0.2, 0.25) is 0 Å². The maximum Gasteiger partial charge on any atom is 0.161 e. The van der Waals surface area contributed by atoms with Gasteiger partial charge < -0.3 is 5.32 Å². The van der Waals surface area contributed by atoms with E-state index in [2.05, 4.69) is 17.1 Å². The number of nitrogens with zero attached hydrogens (tertiary/aromatic N) is 1. The fourth-order valence-corrected chi connectivity index (χ4v) is 3.16. The summed E-state index contributed by atoms with van der Waals surface area (Å²) in [6.45, 7) is 4.50. The minimum Gasteiger partial charge on any atom is -0.319 e. The molecule has 0 aliphatic carbocycles. The molecule has 0 saturated carbocycles. The summed E-state index contributed by atoms with van der Waals surface area (Å²) in [4.78, 5) is 2.16. The molecule has 1 aromatic rings. The molecular formula is C15H21F3N2. The summed E-state index contributed by atoms with van der Waals surface area (Å²) in [5, 5.41) is 3.10.